The number of thiophene rings is 1. The van der Waals surface area contributed by atoms with E-state index in [0.29, 0.717) is 5.71 Å². The van der Waals surface area contributed by atoms with Crippen molar-refractivity contribution >= 4 is 28.9 Å². The van der Waals surface area contributed by atoms with Crippen molar-refractivity contribution in [1.29, 1.82) is 0 Å². The number of aryl methyl sites for hydroxylation is 1. The summed E-state index contributed by atoms with van der Waals surface area (Å²) in [4.78, 5) is 31.8. The second-order valence-electron chi connectivity index (χ2n) is 6.79. The molecule has 1 aromatic heterocycles. The number of carbonyl (C=O) groups excluding carboxylic acids is 2. The molecule has 0 spiro atoms. The number of nitrogens with zero attached hydrogens (tertiary/aromatic N) is 1. The molecular weight excluding hydrogens is 384 g/mol. The summed E-state index contributed by atoms with van der Waals surface area (Å²) in [5.74, 6) is -0.157. The van der Waals surface area contributed by atoms with Crippen LogP contribution in [-0.2, 0) is 22.6 Å². The molecule has 1 N–H and O–H groups in total. The number of alkyl carbamates (subject to hydrolysis) is 1. The molecule has 0 aliphatic carbocycles. The Kier molecular flexibility index (Phi) is 5.53. The Morgan fingerprint density at radius 2 is 1.83 bits per heavy atom. The summed E-state index contributed by atoms with van der Waals surface area (Å²) in [7, 11) is 0. The highest BCUT2D eigenvalue weighted by atomic mass is 32.1. The predicted octanol–water partition coefficient (Wildman–Crippen LogP) is 4.27. The second kappa shape index (κ2) is 8.41. The van der Waals surface area contributed by atoms with Gasteiger partial charge in [0, 0.05) is 27.3 Å². The zero-order valence-electron chi connectivity index (χ0n) is 15.9. The monoisotopic (exact) mass is 404 g/mol. The Hall–Kier alpha value is -3.25. The molecule has 1 unspecified atom stereocenters. The average Bonchev–Trinajstić information content (AvgIpc) is 3.04. The average molecular weight is 404 g/mol. The first-order valence-electron chi connectivity index (χ1n) is 9.33. The van der Waals surface area contributed by atoms with Crippen molar-refractivity contribution < 1.29 is 14.3 Å². The SMILES string of the molecule is Cc1cc2c(s1)CC(=O)C(NC(=O)OCc1ccccc1)N=C2c1ccccc1. The van der Waals surface area contributed by atoms with Gasteiger partial charge in [-0.1, -0.05) is 60.7 Å². The lowest BCUT2D eigenvalue weighted by atomic mass is 10.0. The number of rotatable bonds is 4. The van der Waals surface area contributed by atoms with Crippen molar-refractivity contribution in [2.75, 3.05) is 0 Å². The van der Waals surface area contributed by atoms with Crippen molar-refractivity contribution in [3.8, 4) is 0 Å². The fourth-order valence-electron chi connectivity index (χ4n) is 3.24. The maximum Gasteiger partial charge on any atom is 0.409 e. The second-order valence-corrected chi connectivity index (χ2v) is 8.13. The minimum atomic E-state index is -0.978. The number of aliphatic imine (C=N–C) groups is 1. The lowest BCUT2D eigenvalue weighted by Crippen LogP contribution is -2.40. The predicted molar refractivity (Wildman–Crippen MR) is 113 cm³/mol. The van der Waals surface area contributed by atoms with Crippen LogP contribution < -0.4 is 5.32 Å². The number of Topliss-reactive ketones (excluding diaryl/α,β-unsaturated/α-hetero) is 1. The van der Waals surface area contributed by atoms with E-state index in [1.54, 1.807) is 11.3 Å². The first kappa shape index (κ1) is 19.1. The van der Waals surface area contributed by atoms with Gasteiger partial charge in [0.25, 0.3) is 0 Å². The highest BCUT2D eigenvalue weighted by molar-refractivity contribution is 7.12. The highest BCUT2D eigenvalue weighted by Gasteiger charge is 2.29. The Morgan fingerprint density at radius 1 is 1.14 bits per heavy atom. The number of ether oxygens (including phenoxy) is 1. The molecule has 0 radical (unpaired) electrons. The van der Waals surface area contributed by atoms with Gasteiger partial charge in [-0.15, -0.1) is 11.3 Å². The van der Waals surface area contributed by atoms with E-state index in [1.807, 2.05) is 67.6 Å². The molecule has 1 atom stereocenters. The molecular formula is C23H20N2O3S. The van der Waals surface area contributed by atoms with Crippen molar-refractivity contribution in [1.82, 2.24) is 5.32 Å². The molecule has 146 valence electrons. The van der Waals surface area contributed by atoms with E-state index in [4.69, 9.17) is 4.74 Å². The Bertz CT molecular complexity index is 1060. The maximum atomic E-state index is 12.8. The number of amides is 1. The van der Waals surface area contributed by atoms with Crippen LogP contribution in [0.5, 0.6) is 0 Å². The molecule has 1 aliphatic heterocycles. The molecule has 2 aromatic carbocycles. The third-order valence-corrected chi connectivity index (χ3v) is 5.65. The van der Waals surface area contributed by atoms with E-state index < -0.39 is 12.3 Å². The van der Waals surface area contributed by atoms with Gasteiger partial charge >= 0.3 is 6.09 Å². The minimum absolute atomic E-state index is 0.134. The van der Waals surface area contributed by atoms with E-state index in [0.717, 1.165) is 26.4 Å². The number of ketones is 1. The summed E-state index contributed by atoms with van der Waals surface area (Å²) in [5.41, 5.74) is 3.45. The summed E-state index contributed by atoms with van der Waals surface area (Å²) in [6.07, 6.45) is -1.41. The Morgan fingerprint density at radius 3 is 2.55 bits per heavy atom. The highest BCUT2D eigenvalue weighted by Crippen LogP contribution is 2.28. The zero-order chi connectivity index (χ0) is 20.2. The van der Waals surface area contributed by atoms with Gasteiger partial charge in [-0.3, -0.25) is 15.1 Å². The van der Waals surface area contributed by atoms with E-state index >= 15 is 0 Å². The number of hydrogen-bond donors (Lipinski definition) is 1. The van der Waals surface area contributed by atoms with Gasteiger partial charge in [0.15, 0.2) is 11.9 Å². The third kappa shape index (κ3) is 4.43. The Labute approximate surface area is 173 Å². The van der Waals surface area contributed by atoms with Gasteiger partial charge in [-0.25, -0.2) is 4.79 Å². The standard InChI is InChI=1S/C23H20N2O3S/c1-15-12-18-20(29-15)13-19(26)22(24-21(18)17-10-6-3-7-11-17)25-23(27)28-14-16-8-4-2-5-9-16/h2-12,22H,13-14H2,1H3,(H,25,27). The fraction of sp³-hybridized carbons (Fsp3) is 0.174. The maximum absolute atomic E-state index is 12.8. The van der Waals surface area contributed by atoms with Crippen molar-refractivity contribution in [2.24, 2.45) is 4.99 Å². The molecule has 0 saturated carbocycles. The topological polar surface area (TPSA) is 67.8 Å². The van der Waals surface area contributed by atoms with Crippen LogP contribution in [-0.4, -0.2) is 23.8 Å². The molecule has 29 heavy (non-hydrogen) atoms. The number of nitrogens with one attached hydrogen (secondary N) is 1. The molecule has 0 saturated heterocycles. The molecule has 1 aliphatic rings. The summed E-state index contributed by atoms with van der Waals surface area (Å²) >= 11 is 1.59. The van der Waals surface area contributed by atoms with E-state index in [9.17, 15) is 9.59 Å². The quantitative estimate of drug-likeness (QED) is 0.706. The van der Waals surface area contributed by atoms with Gasteiger partial charge < -0.3 is 4.74 Å². The normalized spacial score (nSPS) is 15.8. The van der Waals surface area contributed by atoms with Gasteiger partial charge in [-0.05, 0) is 18.6 Å². The van der Waals surface area contributed by atoms with Crippen LogP contribution in [0.2, 0.25) is 0 Å². The summed E-state index contributed by atoms with van der Waals surface area (Å²) in [6.45, 7) is 2.15. The van der Waals surface area contributed by atoms with Gasteiger partial charge in [-0.2, -0.15) is 0 Å². The van der Waals surface area contributed by atoms with Crippen LogP contribution in [0.4, 0.5) is 4.79 Å². The third-order valence-electron chi connectivity index (χ3n) is 4.60. The first-order chi connectivity index (χ1) is 14.1. The molecule has 0 fully saturated rings. The van der Waals surface area contributed by atoms with Crippen molar-refractivity contribution in [3.05, 3.63) is 93.2 Å². The first-order valence-corrected chi connectivity index (χ1v) is 10.1. The van der Waals surface area contributed by atoms with E-state index in [-0.39, 0.29) is 18.8 Å². The summed E-state index contributed by atoms with van der Waals surface area (Å²) < 4.78 is 5.27. The number of fused-ring (bicyclic) bond motifs is 1. The van der Waals surface area contributed by atoms with Crippen LogP contribution in [0.25, 0.3) is 0 Å². The lowest BCUT2D eigenvalue weighted by Gasteiger charge is -2.14. The van der Waals surface area contributed by atoms with Crippen LogP contribution in [0.1, 0.15) is 26.4 Å². The van der Waals surface area contributed by atoms with Crippen LogP contribution in [0.3, 0.4) is 0 Å². The molecule has 4 rings (SSSR count). The number of benzene rings is 2. The van der Waals surface area contributed by atoms with Gasteiger partial charge in [0.05, 0.1) is 5.71 Å². The van der Waals surface area contributed by atoms with E-state index in [1.165, 1.54) is 0 Å². The van der Waals surface area contributed by atoms with Crippen LogP contribution >= 0.6 is 11.3 Å². The summed E-state index contributed by atoms with van der Waals surface area (Å²) in [5, 5.41) is 2.62. The van der Waals surface area contributed by atoms with Crippen molar-refractivity contribution in [3.63, 3.8) is 0 Å². The number of carbonyl (C=O) groups is 2. The molecule has 0 bridgehead atoms. The smallest absolute Gasteiger partial charge is 0.409 e. The molecule has 3 aromatic rings. The van der Waals surface area contributed by atoms with E-state index in [2.05, 4.69) is 16.4 Å². The molecule has 5 nitrogen and oxygen atoms in total. The zero-order valence-corrected chi connectivity index (χ0v) is 16.7. The minimum Gasteiger partial charge on any atom is -0.445 e. The van der Waals surface area contributed by atoms with Crippen molar-refractivity contribution in [2.45, 2.75) is 26.1 Å². The van der Waals surface area contributed by atoms with Gasteiger partial charge in [0.1, 0.15) is 6.61 Å². The Balaban J connectivity index is 1.58. The molecule has 1 amide bonds. The van der Waals surface area contributed by atoms with Crippen LogP contribution in [0, 0.1) is 6.92 Å². The van der Waals surface area contributed by atoms with Gasteiger partial charge in [0.2, 0.25) is 0 Å². The largest absolute Gasteiger partial charge is 0.445 e. The number of hydrogen-bond acceptors (Lipinski definition) is 5. The lowest BCUT2D eigenvalue weighted by molar-refractivity contribution is -0.120. The fourth-order valence-corrected chi connectivity index (χ4v) is 4.28. The molecule has 6 heteroatoms. The summed E-state index contributed by atoms with van der Waals surface area (Å²) in [6, 6.07) is 21.1. The van der Waals surface area contributed by atoms with Crippen LogP contribution in [0.15, 0.2) is 71.7 Å². The molecule has 2 heterocycles.